The molecule has 4 heterocycles. The predicted molar refractivity (Wildman–Crippen MR) is 134 cm³/mol. The van der Waals surface area contributed by atoms with E-state index < -0.39 is 0 Å². The zero-order chi connectivity index (χ0) is 24.8. The summed E-state index contributed by atoms with van der Waals surface area (Å²) < 4.78 is 22.8. The third-order valence-electron chi connectivity index (χ3n) is 6.54. The summed E-state index contributed by atoms with van der Waals surface area (Å²) >= 11 is 0. The van der Waals surface area contributed by atoms with E-state index in [-0.39, 0.29) is 29.3 Å². The van der Waals surface area contributed by atoms with Crippen LogP contribution in [0.5, 0.6) is 0 Å². The number of fused-ring (bicyclic) bond motifs is 2. The van der Waals surface area contributed by atoms with Gasteiger partial charge in [-0.15, -0.1) is 0 Å². The quantitative estimate of drug-likeness (QED) is 0.402. The van der Waals surface area contributed by atoms with Crippen molar-refractivity contribution in [2.75, 3.05) is 18.9 Å². The molecule has 3 N–H and O–H groups in total. The lowest BCUT2D eigenvalue weighted by Crippen LogP contribution is -2.39. The molecule has 0 radical (unpaired) electrons. The number of amides is 1. The topological polar surface area (TPSA) is 112 Å². The van der Waals surface area contributed by atoms with Gasteiger partial charge in [0.15, 0.2) is 11.5 Å². The number of hydrogen-bond acceptors (Lipinski definition) is 6. The van der Waals surface area contributed by atoms with E-state index in [1.54, 1.807) is 29.1 Å². The molecule has 0 bridgehead atoms. The second kappa shape index (κ2) is 8.72. The van der Waals surface area contributed by atoms with Crippen LogP contribution in [0.25, 0.3) is 39.2 Å². The van der Waals surface area contributed by atoms with Gasteiger partial charge in [-0.05, 0) is 49.2 Å². The van der Waals surface area contributed by atoms with E-state index in [1.807, 2.05) is 29.8 Å². The number of aromatic nitrogens is 5. The highest BCUT2D eigenvalue weighted by molar-refractivity contribution is 5.95. The first-order valence-electron chi connectivity index (χ1n) is 11.7. The molecule has 9 nitrogen and oxygen atoms in total. The molecule has 1 fully saturated rings. The van der Waals surface area contributed by atoms with E-state index >= 15 is 0 Å². The van der Waals surface area contributed by atoms with Gasteiger partial charge in [-0.1, -0.05) is 6.07 Å². The molecule has 182 valence electrons. The van der Waals surface area contributed by atoms with Crippen LogP contribution in [-0.4, -0.2) is 49.1 Å². The Bertz CT molecular complexity index is 1600. The van der Waals surface area contributed by atoms with E-state index in [4.69, 9.17) is 10.5 Å². The van der Waals surface area contributed by atoms with Crippen LogP contribution in [0, 0.1) is 5.82 Å². The smallest absolute Gasteiger partial charge is 0.271 e. The molecular formula is C26H24FN7O2. The maximum atomic E-state index is 13.7. The molecule has 3 aromatic heterocycles. The van der Waals surface area contributed by atoms with E-state index in [0.717, 1.165) is 29.4 Å². The number of imidazole rings is 2. The third kappa shape index (κ3) is 3.85. The van der Waals surface area contributed by atoms with Crippen LogP contribution in [0.15, 0.2) is 55.0 Å². The van der Waals surface area contributed by atoms with Gasteiger partial charge < -0.3 is 20.4 Å². The summed E-state index contributed by atoms with van der Waals surface area (Å²) in [5.74, 6) is -0.452. The van der Waals surface area contributed by atoms with Crippen molar-refractivity contribution in [3.8, 4) is 22.5 Å². The number of nitrogens with two attached hydrogens (primary N) is 1. The monoisotopic (exact) mass is 485 g/mol. The maximum Gasteiger partial charge on any atom is 0.271 e. The van der Waals surface area contributed by atoms with Crippen LogP contribution >= 0.6 is 0 Å². The average molecular weight is 486 g/mol. The lowest BCUT2D eigenvalue weighted by Gasteiger charge is -2.22. The molecule has 10 heteroatoms. The van der Waals surface area contributed by atoms with Gasteiger partial charge in [0.05, 0.1) is 28.7 Å². The fourth-order valence-corrected chi connectivity index (χ4v) is 4.64. The Morgan fingerprint density at radius 2 is 1.86 bits per heavy atom. The first-order valence-corrected chi connectivity index (χ1v) is 11.7. The molecule has 0 unspecified atom stereocenters. The number of nitrogens with zero attached hydrogens (tertiary/aromatic N) is 5. The van der Waals surface area contributed by atoms with Gasteiger partial charge in [-0.2, -0.15) is 0 Å². The fourth-order valence-electron chi connectivity index (χ4n) is 4.64. The van der Waals surface area contributed by atoms with Crippen LogP contribution in [0.2, 0.25) is 0 Å². The number of nitrogens with one attached hydrogen (secondary N) is 1. The van der Waals surface area contributed by atoms with Crippen LogP contribution in [0.1, 0.15) is 23.3 Å². The van der Waals surface area contributed by atoms with Gasteiger partial charge in [-0.25, -0.2) is 19.3 Å². The molecule has 1 aliphatic rings. The molecule has 6 rings (SSSR count). The largest absolute Gasteiger partial charge is 0.381 e. The molecule has 0 saturated carbocycles. The number of carbonyl (C=O) groups excluding carboxylic acids is 1. The minimum absolute atomic E-state index is 0.0352. The highest BCUT2D eigenvalue weighted by Gasteiger charge is 2.23. The van der Waals surface area contributed by atoms with Gasteiger partial charge in [0.2, 0.25) is 0 Å². The van der Waals surface area contributed by atoms with Crippen molar-refractivity contribution in [2.24, 2.45) is 7.05 Å². The molecule has 1 amide bonds. The van der Waals surface area contributed by atoms with Crippen LogP contribution in [-0.2, 0) is 11.8 Å². The Kier molecular flexibility index (Phi) is 5.37. The van der Waals surface area contributed by atoms with Crippen molar-refractivity contribution in [3.63, 3.8) is 0 Å². The van der Waals surface area contributed by atoms with E-state index in [2.05, 4.69) is 20.3 Å². The lowest BCUT2D eigenvalue weighted by atomic mass is 10.0. The normalized spacial score (nSPS) is 14.5. The molecule has 1 saturated heterocycles. The summed E-state index contributed by atoms with van der Waals surface area (Å²) in [7, 11) is 1.92. The first kappa shape index (κ1) is 22.2. The average Bonchev–Trinajstić information content (AvgIpc) is 3.50. The first-order chi connectivity index (χ1) is 17.5. The van der Waals surface area contributed by atoms with E-state index in [1.165, 1.54) is 12.1 Å². The number of ether oxygens (including phenoxy) is 1. The molecule has 5 aromatic rings. The SMILES string of the molecule is Cn1cnc2ccc(-c3c(-c4ccc(F)cc4)nc(N)c4nc(C(=O)NC5CCOCC5)cn34)cc21. The van der Waals surface area contributed by atoms with Crippen molar-refractivity contribution < 1.29 is 13.9 Å². The molecule has 0 spiro atoms. The molecule has 0 aliphatic carbocycles. The Labute approximate surface area is 205 Å². The maximum absolute atomic E-state index is 13.7. The van der Waals surface area contributed by atoms with Crippen molar-refractivity contribution in [1.29, 1.82) is 0 Å². The Morgan fingerprint density at radius 1 is 1.11 bits per heavy atom. The van der Waals surface area contributed by atoms with Gasteiger partial charge in [0.25, 0.3) is 5.91 Å². The van der Waals surface area contributed by atoms with Gasteiger partial charge in [0.1, 0.15) is 11.5 Å². The summed E-state index contributed by atoms with van der Waals surface area (Å²) in [6, 6.07) is 12.0. The van der Waals surface area contributed by atoms with Crippen molar-refractivity contribution in [2.45, 2.75) is 18.9 Å². The van der Waals surface area contributed by atoms with Crippen molar-refractivity contribution in [1.82, 2.24) is 29.2 Å². The number of rotatable bonds is 4. The van der Waals surface area contributed by atoms with Gasteiger partial charge in [0, 0.05) is 43.6 Å². The predicted octanol–water partition coefficient (Wildman–Crippen LogP) is 3.58. The number of nitrogen functional groups attached to an aromatic ring is 1. The fraction of sp³-hybridized carbons (Fsp3) is 0.231. The minimum atomic E-state index is -0.347. The summed E-state index contributed by atoms with van der Waals surface area (Å²) in [5.41, 5.74) is 11.5. The van der Waals surface area contributed by atoms with Crippen molar-refractivity contribution >= 4 is 28.4 Å². The zero-order valence-corrected chi connectivity index (χ0v) is 19.6. The third-order valence-corrected chi connectivity index (χ3v) is 6.54. The molecule has 2 aromatic carbocycles. The number of carbonyl (C=O) groups is 1. The van der Waals surface area contributed by atoms with Gasteiger partial charge >= 0.3 is 0 Å². The number of anilines is 1. The van der Waals surface area contributed by atoms with Crippen LogP contribution < -0.4 is 11.1 Å². The molecule has 36 heavy (non-hydrogen) atoms. The number of halogens is 1. The standard InChI is InChI=1S/C26H24FN7O2/c1-33-14-29-19-7-4-16(12-21(19)33)23-22(15-2-5-17(27)6-3-15)32-24(28)25-31-20(13-34(23)25)26(35)30-18-8-10-36-11-9-18/h2-7,12-14,18H,8-11H2,1H3,(H2,28,32)(H,30,35). The summed E-state index contributed by atoms with van der Waals surface area (Å²) in [6.45, 7) is 1.24. The Hall–Kier alpha value is -4.31. The van der Waals surface area contributed by atoms with E-state index in [0.29, 0.717) is 35.8 Å². The highest BCUT2D eigenvalue weighted by atomic mass is 19.1. The Balaban J connectivity index is 1.54. The van der Waals surface area contributed by atoms with E-state index in [9.17, 15) is 9.18 Å². The Morgan fingerprint density at radius 3 is 2.64 bits per heavy atom. The second-order valence-corrected chi connectivity index (χ2v) is 8.94. The summed E-state index contributed by atoms with van der Waals surface area (Å²) in [5, 5.41) is 3.05. The summed E-state index contributed by atoms with van der Waals surface area (Å²) in [4.78, 5) is 26.7. The second-order valence-electron chi connectivity index (χ2n) is 8.94. The van der Waals surface area contributed by atoms with Gasteiger partial charge in [-0.3, -0.25) is 9.20 Å². The lowest BCUT2D eigenvalue weighted by molar-refractivity contribution is 0.0694. The molecule has 0 atom stereocenters. The number of benzene rings is 2. The highest BCUT2D eigenvalue weighted by Crippen LogP contribution is 2.35. The number of aryl methyl sites for hydroxylation is 1. The van der Waals surface area contributed by atoms with Crippen LogP contribution in [0.3, 0.4) is 0 Å². The van der Waals surface area contributed by atoms with Crippen molar-refractivity contribution in [3.05, 3.63) is 66.5 Å². The minimum Gasteiger partial charge on any atom is -0.381 e. The zero-order valence-electron chi connectivity index (χ0n) is 19.6. The molecular weight excluding hydrogens is 461 g/mol. The molecule has 1 aliphatic heterocycles. The number of hydrogen-bond donors (Lipinski definition) is 2. The van der Waals surface area contributed by atoms with Crippen LogP contribution in [0.4, 0.5) is 10.2 Å². The summed E-state index contributed by atoms with van der Waals surface area (Å²) in [6.07, 6.45) is 4.95.